The van der Waals surface area contributed by atoms with E-state index in [1.54, 1.807) is 0 Å². The van der Waals surface area contributed by atoms with Crippen LogP contribution in [0.2, 0.25) is 0 Å². The third-order valence-corrected chi connectivity index (χ3v) is 2.16. The molecule has 0 fully saturated rings. The van der Waals surface area contributed by atoms with Crippen molar-refractivity contribution in [3.8, 4) is 0 Å². The molecule has 0 bridgehead atoms. The van der Waals surface area contributed by atoms with Crippen LogP contribution in [0.1, 0.15) is 13.3 Å². The van der Waals surface area contributed by atoms with Crippen molar-refractivity contribution in [1.29, 1.82) is 0 Å². The van der Waals surface area contributed by atoms with Crippen molar-refractivity contribution in [2.75, 3.05) is 7.11 Å². The van der Waals surface area contributed by atoms with Gasteiger partial charge in [-0.3, -0.25) is 9.59 Å². The number of carbonyl (C=O) groups excluding carboxylic acids is 2. The van der Waals surface area contributed by atoms with E-state index in [-0.39, 0.29) is 12.2 Å². The van der Waals surface area contributed by atoms with E-state index < -0.39 is 15.7 Å². The number of halogens is 3. The van der Waals surface area contributed by atoms with Gasteiger partial charge < -0.3 is 4.74 Å². The molecule has 0 aromatic rings. The first-order chi connectivity index (χ1) is 5.79. The molecule has 0 amide bonds. The molecule has 0 saturated heterocycles. The molecule has 1 unspecified atom stereocenters. The smallest absolute Gasteiger partial charge is 0.313 e. The highest BCUT2D eigenvalue weighted by molar-refractivity contribution is 6.68. The van der Waals surface area contributed by atoms with Gasteiger partial charge in [0.2, 0.25) is 3.79 Å². The Balaban J connectivity index is 4.56. The van der Waals surface area contributed by atoms with Crippen LogP contribution < -0.4 is 0 Å². The van der Waals surface area contributed by atoms with Crippen molar-refractivity contribution >= 4 is 46.6 Å². The predicted molar refractivity (Wildman–Crippen MR) is 51.1 cm³/mol. The molecule has 0 heterocycles. The van der Waals surface area contributed by atoms with Crippen LogP contribution in [0.3, 0.4) is 0 Å². The van der Waals surface area contributed by atoms with Gasteiger partial charge in [0.25, 0.3) is 0 Å². The molecular weight excluding hydrogens is 238 g/mol. The fourth-order valence-electron chi connectivity index (χ4n) is 0.762. The van der Waals surface area contributed by atoms with Crippen LogP contribution >= 0.6 is 34.8 Å². The molecular formula is C7H9Cl3O3. The summed E-state index contributed by atoms with van der Waals surface area (Å²) in [6.45, 7) is 1.31. The number of ether oxygens (including phenoxy) is 1. The van der Waals surface area contributed by atoms with Gasteiger partial charge in [0.15, 0.2) is 0 Å². The molecule has 0 radical (unpaired) electrons. The van der Waals surface area contributed by atoms with Crippen molar-refractivity contribution in [2.45, 2.75) is 17.1 Å². The van der Waals surface area contributed by atoms with Crippen LogP contribution in [0.25, 0.3) is 0 Å². The van der Waals surface area contributed by atoms with Gasteiger partial charge in [0, 0.05) is 6.42 Å². The highest BCUT2D eigenvalue weighted by Gasteiger charge is 2.39. The average molecular weight is 248 g/mol. The summed E-state index contributed by atoms with van der Waals surface area (Å²) in [5.74, 6) is -1.98. The number of rotatable bonds is 3. The van der Waals surface area contributed by atoms with E-state index in [1.165, 1.54) is 14.0 Å². The number of ketones is 1. The van der Waals surface area contributed by atoms with Gasteiger partial charge in [0.1, 0.15) is 11.7 Å². The van der Waals surface area contributed by atoms with E-state index in [2.05, 4.69) is 4.74 Å². The second-order valence-electron chi connectivity index (χ2n) is 2.52. The second-order valence-corrected chi connectivity index (χ2v) is 4.89. The number of Topliss-reactive ketones (excluding diaryl/α,β-unsaturated/α-hetero) is 1. The van der Waals surface area contributed by atoms with Gasteiger partial charge in [0.05, 0.1) is 7.11 Å². The van der Waals surface area contributed by atoms with Crippen molar-refractivity contribution in [1.82, 2.24) is 0 Å². The van der Waals surface area contributed by atoms with Crippen LogP contribution in [0.4, 0.5) is 0 Å². The largest absolute Gasteiger partial charge is 0.469 e. The number of esters is 1. The molecule has 3 nitrogen and oxygen atoms in total. The number of carbonyl (C=O) groups is 2. The molecule has 0 rings (SSSR count). The lowest BCUT2D eigenvalue weighted by Gasteiger charge is -2.20. The summed E-state index contributed by atoms with van der Waals surface area (Å²) < 4.78 is 2.59. The predicted octanol–water partition coefficient (Wildman–Crippen LogP) is 2.12. The molecule has 0 N–H and O–H groups in total. The topological polar surface area (TPSA) is 43.4 Å². The molecule has 76 valence electrons. The van der Waals surface area contributed by atoms with Crippen LogP contribution in [0, 0.1) is 5.92 Å². The number of methoxy groups -OCH3 is 1. The molecule has 0 spiro atoms. The van der Waals surface area contributed by atoms with E-state index in [1.807, 2.05) is 0 Å². The number of hydrogen-bond donors (Lipinski definition) is 0. The second kappa shape index (κ2) is 5.03. The van der Waals surface area contributed by atoms with Gasteiger partial charge >= 0.3 is 5.97 Å². The maximum Gasteiger partial charge on any atom is 0.313 e. The number of hydrogen-bond acceptors (Lipinski definition) is 3. The molecule has 0 aliphatic rings. The van der Waals surface area contributed by atoms with E-state index >= 15 is 0 Å². The molecule has 0 aliphatic carbocycles. The average Bonchev–Trinajstić information content (AvgIpc) is 1.96. The summed E-state index contributed by atoms with van der Waals surface area (Å²) >= 11 is 16.5. The van der Waals surface area contributed by atoms with Crippen LogP contribution in [0.15, 0.2) is 0 Å². The molecule has 0 saturated carbocycles. The maximum atomic E-state index is 11.1. The minimum atomic E-state index is -1.81. The zero-order chi connectivity index (χ0) is 10.6. The van der Waals surface area contributed by atoms with E-state index in [4.69, 9.17) is 34.8 Å². The third kappa shape index (κ3) is 4.69. The highest BCUT2D eigenvalue weighted by atomic mass is 35.6. The molecule has 6 heteroatoms. The Bertz CT molecular complexity index is 210. The van der Waals surface area contributed by atoms with Gasteiger partial charge in [-0.25, -0.2) is 0 Å². The summed E-state index contributed by atoms with van der Waals surface area (Å²) in [5.41, 5.74) is 0. The molecule has 0 aliphatic heterocycles. The molecule has 0 aromatic heterocycles. The fraction of sp³-hybridized carbons (Fsp3) is 0.714. The first kappa shape index (κ1) is 13.0. The Kier molecular flexibility index (Phi) is 5.04. The van der Waals surface area contributed by atoms with Gasteiger partial charge in [-0.15, -0.1) is 0 Å². The van der Waals surface area contributed by atoms with E-state index in [0.717, 1.165) is 0 Å². The normalized spacial score (nSPS) is 13.6. The van der Waals surface area contributed by atoms with Crippen molar-refractivity contribution < 1.29 is 14.3 Å². The van der Waals surface area contributed by atoms with Gasteiger partial charge in [-0.2, -0.15) is 0 Å². The van der Waals surface area contributed by atoms with Crippen molar-refractivity contribution in [2.24, 2.45) is 5.92 Å². The lowest BCUT2D eigenvalue weighted by Crippen LogP contribution is -2.30. The number of alkyl halides is 3. The van der Waals surface area contributed by atoms with Gasteiger partial charge in [-0.05, 0) is 6.92 Å². The molecule has 0 aromatic carbocycles. The first-order valence-corrected chi connectivity index (χ1v) is 4.56. The van der Waals surface area contributed by atoms with Crippen LogP contribution in [0.5, 0.6) is 0 Å². The summed E-state index contributed by atoms with van der Waals surface area (Å²) in [5, 5.41) is 0. The monoisotopic (exact) mass is 246 g/mol. The fourth-order valence-corrected chi connectivity index (χ4v) is 1.26. The zero-order valence-electron chi connectivity index (χ0n) is 7.14. The quantitative estimate of drug-likeness (QED) is 0.567. The maximum absolute atomic E-state index is 11.1. The lowest BCUT2D eigenvalue weighted by molar-refractivity contribution is -0.146. The van der Waals surface area contributed by atoms with Gasteiger partial charge in [-0.1, -0.05) is 34.8 Å². The van der Waals surface area contributed by atoms with Crippen molar-refractivity contribution in [3.63, 3.8) is 0 Å². The van der Waals surface area contributed by atoms with Crippen LogP contribution in [-0.2, 0) is 14.3 Å². The Morgan fingerprint density at radius 3 is 2.08 bits per heavy atom. The summed E-state index contributed by atoms with van der Waals surface area (Å²) in [7, 11) is 1.17. The first-order valence-electron chi connectivity index (χ1n) is 3.43. The Hall–Kier alpha value is 0.01000. The highest BCUT2D eigenvalue weighted by Crippen LogP contribution is 2.37. The third-order valence-electron chi connectivity index (χ3n) is 1.37. The summed E-state index contributed by atoms with van der Waals surface area (Å²) in [6.07, 6.45) is -0.136. The van der Waals surface area contributed by atoms with E-state index in [9.17, 15) is 9.59 Å². The Morgan fingerprint density at radius 1 is 1.38 bits per heavy atom. The van der Waals surface area contributed by atoms with Crippen LogP contribution in [-0.4, -0.2) is 22.7 Å². The summed E-state index contributed by atoms with van der Waals surface area (Å²) in [6, 6.07) is 0. The lowest BCUT2D eigenvalue weighted by atomic mass is 10.1. The zero-order valence-corrected chi connectivity index (χ0v) is 9.41. The minimum Gasteiger partial charge on any atom is -0.469 e. The Labute approximate surface area is 91.3 Å². The molecule has 1 atom stereocenters. The Morgan fingerprint density at radius 2 is 1.85 bits per heavy atom. The SMILES string of the molecule is COC(=O)C(CC(C)=O)C(Cl)(Cl)Cl. The summed E-state index contributed by atoms with van der Waals surface area (Å²) in [4.78, 5) is 21.8. The molecule has 13 heavy (non-hydrogen) atoms. The minimum absolute atomic E-state index is 0.136. The standard InChI is InChI=1S/C7H9Cl3O3/c1-4(11)3-5(6(12)13-2)7(8,9)10/h5H,3H2,1-2H3. The van der Waals surface area contributed by atoms with E-state index in [0.29, 0.717) is 0 Å². The van der Waals surface area contributed by atoms with Crippen molar-refractivity contribution in [3.05, 3.63) is 0 Å².